The number of rotatable bonds is 6. The summed E-state index contributed by atoms with van der Waals surface area (Å²) in [6.07, 6.45) is 1.53. The third kappa shape index (κ3) is 5.58. The Balaban J connectivity index is 1.37. The van der Waals surface area contributed by atoms with E-state index in [9.17, 15) is 9.59 Å². The first kappa shape index (κ1) is 25.5. The van der Waals surface area contributed by atoms with Gasteiger partial charge in [0.25, 0.3) is 0 Å². The van der Waals surface area contributed by atoms with Crippen LogP contribution < -0.4 is 0 Å². The molecule has 3 heterocycles. The van der Waals surface area contributed by atoms with Crippen molar-refractivity contribution in [2.45, 2.75) is 37.0 Å². The topological polar surface area (TPSA) is 96.2 Å². The van der Waals surface area contributed by atoms with Crippen molar-refractivity contribution in [2.24, 2.45) is 0 Å². The number of hydrogen-bond donors (Lipinski definition) is 0. The number of thioether (sulfide) groups is 1. The van der Waals surface area contributed by atoms with Crippen molar-refractivity contribution in [3.8, 4) is 0 Å². The summed E-state index contributed by atoms with van der Waals surface area (Å²) >= 11 is 13.7. The van der Waals surface area contributed by atoms with Gasteiger partial charge in [0.1, 0.15) is 18.2 Å². The Bertz CT molecular complexity index is 1460. The summed E-state index contributed by atoms with van der Waals surface area (Å²) in [4.78, 5) is 38.2. The summed E-state index contributed by atoms with van der Waals surface area (Å²) in [5.74, 6) is -0.878. The fourth-order valence-electron chi connectivity index (χ4n) is 4.04. The smallest absolute Gasteiger partial charge is 0.338 e. The highest BCUT2D eigenvalue weighted by Crippen LogP contribution is 2.44. The molecule has 1 aliphatic heterocycles. The van der Waals surface area contributed by atoms with Crippen LogP contribution in [0, 0.1) is 13.8 Å². The average molecular weight is 557 g/mol. The predicted octanol–water partition coefficient (Wildman–Crippen LogP) is 5.84. The van der Waals surface area contributed by atoms with Crippen molar-refractivity contribution in [2.75, 3.05) is 6.61 Å². The van der Waals surface area contributed by atoms with Crippen molar-refractivity contribution in [3.63, 3.8) is 0 Å². The molecule has 3 atom stereocenters. The molecule has 0 bridgehead atoms. The van der Waals surface area contributed by atoms with E-state index in [0.717, 1.165) is 11.1 Å². The van der Waals surface area contributed by atoms with E-state index < -0.39 is 18.0 Å². The van der Waals surface area contributed by atoms with Gasteiger partial charge in [-0.05, 0) is 49.7 Å². The number of nitrogens with zero attached hydrogens (tertiary/aromatic N) is 4. The summed E-state index contributed by atoms with van der Waals surface area (Å²) in [6, 6.07) is 14.3. The second kappa shape index (κ2) is 10.7. The highest BCUT2D eigenvalue weighted by molar-refractivity contribution is 8.00. The minimum absolute atomic E-state index is 0.00757. The van der Waals surface area contributed by atoms with Gasteiger partial charge in [-0.25, -0.2) is 19.6 Å². The molecule has 0 saturated carbocycles. The monoisotopic (exact) mass is 556 g/mol. The van der Waals surface area contributed by atoms with Crippen LogP contribution in [0.5, 0.6) is 0 Å². The van der Waals surface area contributed by atoms with Crippen LogP contribution in [0.25, 0.3) is 11.2 Å². The van der Waals surface area contributed by atoms with Gasteiger partial charge in [-0.3, -0.25) is 0 Å². The number of fused-ring (bicyclic) bond motifs is 1. The lowest BCUT2D eigenvalue weighted by Crippen LogP contribution is -2.29. The Morgan fingerprint density at radius 1 is 0.973 bits per heavy atom. The molecule has 2 aromatic heterocycles. The van der Waals surface area contributed by atoms with Crippen molar-refractivity contribution in [3.05, 3.63) is 87.5 Å². The minimum Gasteiger partial charge on any atom is -0.461 e. The second-order valence-corrected chi connectivity index (χ2v) is 10.9. The van der Waals surface area contributed by atoms with Gasteiger partial charge in [0.05, 0.1) is 28.1 Å². The Labute approximate surface area is 227 Å². The SMILES string of the molecule is Cc1ccc(C(=O)OC[C@H]2S[C@H](n3cnc4c(Cl)nc(Cl)nc43)C[C@@H]2OC(=O)c2ccc(C)cc2)cc1. The molecule has 0 N–H and O–H groups in total. The molecule has 0 radical (unpaired) electrons. The Morgan fingerprint density at radius 2 is 1.59 bits per heavy atom. The maximum atomic E-state index is 12.9. The Morgan fingerprint density at radius 3 is 2.24 bits per heavy atom. The zero-order valence-corrected chi connectivity index (χ0v) is 22.3. The van der Waals surface area contributed by atoms with Crippen LogP contribution in [0.2, 0.25) is 10.4 Å². The van der Waals surface area contributed by atoms with E-state index in [4.69, 9.17) is 32.7 Å². The first-order valence-electron chi connectivity index (χ1n) is 11.5. The molecule has 8 nitrogen and oxygen atoms in total. The van der Waals surface area contributed by atoms with Gasteiger partial charge in [0.15, 0.2) is 10.8 Å². The van der Waals surface area contributed by atoms with Gasteiger partial charge >= 0.3 is 11.9 Å². The number of aromatic nitrogens is 4. The van der Waals surface area contributed by atoms with Gasteiger partial charge in [0, 0.05) is 6.42 Å². The third-order valence-corrected chi connectivity index (χ3v) is 8.01. The number of imidazole rings is 1. The van der Waals surface area contributed by atoms with Crippen LogP contribution in [0.3, 0.4) is 0 Å². The molecule has 11 heteroatoms. The quantitative estimate of drug-likeness (QED) is 0.166. The van der Waals surface area contributed by atoms with Crippen LogP contribution in [-0.4, -0.2) is 49.4 Å². The van der Waals surface area contributed by atoms with Crippen LogP contribution >= 0.6 is 35.0 Å². The summed E-state index contributed by atoms with van der Waals surface area (Å²) in [7, 11) is 0. The van der Waals surface area contributed by atoms with Gasteiger partial charge < -0.3 is 14.0 Å². The van der Waals surface area contributed by atoms with Crippen LogP contribution in [-0.2, 0) is 9.47 Å². The molecule has 0 aliphatic carbocycles. The molecule has 2 aromatic carbocycles. The zero-order chi connectivity index (χ0) is 26.1. The van der Waals surface area contributed by atoms with Crippen molar-refractivity contribution in [1.29, 1.82) is 0 Å². The lowest BCUT2D eigenvalue weighted by atomic mass is 10.1. The molecule has 0 spiro atoms. The third-order valence-electron chi connectivity index (χ3n) is 6.05. The molecular formula is C26H22Cl2N4O4S. The number of aryl methyl sites for hydroxylation is 2. The van der Waals surface area contributed by atoms with Crippen LogP contribution in [0.1, 0.15) is 43.6 Å². The normalized spacial score (nSPS) is 19.2. The lowest BCUT2D eigenvalue weighted by molar-refractivity contribution is 0.0205. The van der Waals surface area contributed by atoms with E-state index in [1.165, 1.54) is 11.8 Å². The second-order valence-electron chi connectivity index (χ2n) is 8.75. The van der Waals surface area contributed by atoms with Gasteiger partial charge in [-0.1, -0.05) is 47.0 Å². The Hall–Kier alpha value is -3.14. The zero-order valence-electron chi connectivity index (χ0n) is 19.9. The fourth-order valence-corrected chi connectivity index (χ4v) is 5.94. The Kier molecular flexibility index (Phi) is 7.37. The van der Waals surface area contributed by atoms with Crippen LogP contribution in [0.4, 0.5) is 0 Å². The van der Waals surface area contributed by atoms with E-state index in [0.29, 0.717) is 28.7 Å². The largest absolute Gasteiger partial charge is 0.461 e. The molecule has 4 aromatic rings. The summed E-state index contributed by atoms with van der Waals surface area (Å²) in [5.41, 5.74) is 3.90. The van der Waals surface area contributed by atoms with Gasteiger partial charge in [0.2, 0.25) is 5.28 Å². The molecule has 1 saturated heterocycles. The number of ether oxygens (including phenoxy) is 2. The number of carbonyl (C=O) groups excluding carboxylic acids is 2. The fraction of sp³-hybridized carbons (Fsp3) is 0.269. The molecular weight excluding hydrogens is 535 g/mol. The maximum Gasteiger partial charge on any atom is 0.338 e. The minimum atomic E-state index is -0.528. The number of carbonyl (C=O) groups is 2. The van der Waals surface area contributed by atoms with E-state index in [1.807, 2.05) is 42.7 Å². The number of hydrogen-bond acceptors (Lipinski definition) is 8. The molecule has 37 heavy (non-hydrogen) atoms. The molecule has 5 rings (SSSR count). The molecule has 190 valence electrons. The summed E-state index contributed by atoms with van der Waals surface area (Å²) in [6.45, 7) is 3.95. The summed E-state index contributed by atoms with van der Waals surface area (Å²) in [5, 5.41) is -0.374. The lowest BCUT2D eigenvalue weighted by Gasteiger charge is -2.19. The number of benzene rings is 2. The van der Waals surface area contributed by atoms with Crippen LogP contribution in [0.15, 0.2) is 54.9 Å². The maximum absolute atomic E-state index is 12.9. The van der Waals surface area contributed by atoms with E-state index in [1.54, 1.807) is 30.6 Å². The van der Waals surface area contributed by atoms with Crippen molar-refractivity contribution >= 4 is 58.1 Å². The average Bonchev–Trinajstić information content (AvgIpc) is 3.47. The predicted molar refractivity (Wildman–Crippen MR) is 142 cm³/mol. The van der Waals surface area contributed by atoms with Crippen molar-refractivity contribution < 1.29 is 19.1 Å². The first-order valence-corrected chi connectivity index (χ1v) is 13.2. The molecule has 1 aliphatic rings. The molecule has 1 fully saturated rings. The molecule has 0 unspecified atom stereocenters. The number of halogens is 2. The highest BCUT2D eigenvalue weighted by atomic mass is 35.5. The first-order chi connectivity index (χ1) is 17.8. The van der Waals surface area contributed by atoms with Crippen molar-refractivity contribution in [1.82, 2.24) is 19.5 Å². The van der Waals surface area contributed by atoms with Gasteiger partial charge in [-0.2, -0.15) is 4.98 Å². The number of esters is 2. The van der Waals surface area contributed by atoms with Gasteiger partial charge in [-0.15, -0.1) is 11.8 Å². The van der Waals surface area contributed by atoms with E-state index in [-0.39, 0.29) is 27.7 Å². The standard InChI is InChI=1S/C26H22Cl2N4O4S/c1-14-3-7-16(8-4-14)24(33)35-12-19-18(36-25(34)17-9-5-15(2)6-10-17)11-20(37-19)32-13-29-21-22(27)30-26(28)31-23(21)32/h3-10,13,18-20H,11-12H2,1-2H3/t18-,19+,20-/m0/s1. The van der Waals surface area contributed by atoms with E-state index in [2.05, 4.69) is 15.0 Å². The molecule has 0 amide bonds. The van der Waals surface area contributed by atoms with E-state index >= 15 is 0 Å². The summed E-state index contributed by atoms with van der Waals surface area (Å²) < 4.78 is 13.4. The highest BCUT2D eigenvalue weighted by Gasteiger charge is 2.40.